The fourth-order valence-electron chi connectivity index (χ4n) is 3.37. The van der Waals surface area contributed by atoms with Crippen molar-refractivity contribution in [2.75, 3.05) is 11.1 Å². The van der Waals surface area contributed by atoms with E-state index in [0.29, 0.717) is 17.2 Å². The number of hydrogen-bond donors (Lipinski definition) is 4. The first-order valence-electron chi connectivity index (χ1n) is 9.36. The number of halogens is 2. The third kappa shape index (κ3) is 3.21. The molecule has 5 N–H and O–H groups in total. The third-order valence-electron chi connectivity index (χ3n) is 4.88. The van der Waals surface area contributed by atoms with Crippen molar-refractivity contribution in [3.63, 3.8) is 0 Å². The summed E-state index contributed by atoms with van der Waals surface area (Å²) in [6.45, 7) is 0. The Morgan fingerprint density at radius 2 is 1.94 bits per heavy atom. The van der Waals surface area contributed by atoms with Gasteiger partial charge in [-0.3, -0.25) is 9.89 Å². The number of aromatic nitrogens is 6. The molecule has 5 aromatic rings. The van der Waals surface area contributed by atoms with E-state index in [-0.39, 0.29) is 22.5 Å². The van der Waals surface area contributed by atoms with Crippen LogP contribution in [0.1, 0.15) is 15.9 Å². The second-order valence-electron chi connectivity index (χ2n) is 6.84. The predicted molar refractivity (Wildman–Crippen MR) is 113 cm³/mol. The van der Waals surface area contributed by atoms with Gasteiger partial charge < -0.3 is 16.0 Å². The van der Waals surface area contributed by atoms with Crippen LogP contribution in [0.2, 0.25) is 0 Å². The molecule has 0 radical (unpaired) electrons. The summed E-state index contributed by atoms with van der Waals surface area (Å²) in [7, 11) is 0. The van der Waals surface area contributed by atoms with Crippen molar-refractivity contribution in [1.29, 1.82) is 0 Å². The van der Waals surface area contributed by atoms with Gasteiger partial charge in [-0.25, -0.2) is 23.7 Å². The highest BCUT2D eigenvalue weighted by Crippen LogP contribution is 2.30. The number of ketones is 1. The molecule has 5 rings (SSSR count). The van der Waals surface area contributed by atoms with Crippen LogP contribution in [-0.2, 0) is 0 Å². The van der Waals surface area contributed by atoms with Crippen molar-refractivity contribution in [1.82, 2.24) is 30.1 Å². The molecule has 0 fully saturated rings. The lowest BCUT2D eigenvalue weighted by atomic mass is 10.0. The van der Waals surface area contributed by atoms with Crippen LogP contribution in [0.25, 0.3) is 22.4 Å². The lowest BCUT2D eigenvalue weighted by Gasteiger charge is -2.10. The normalized spacial score (nSPS) is 11.1. The lowest BCUT2D eigenvalue weighted by molar-refractivity contribution is 0.103. The smallest absolute Gasteiger partial charge is 0.201 e. The molecule has 32 heavy (non-hydrogen) atoms. The first kappa shape index (κ1) is 19.3. The molecule has 158 valence electrons. The molecule has 2 aromatic carbocycles. The van der Waals surface area contributed by atoms with Gasteiger partial charge in [-0.2, -0.15) is 5.10 Å². The van der Waals surface area contributed by atoms with Crippen molar-refractivity contribution in [3.05, 3.63) is 78.0 Å². The van der Waals surface area contributed by atoms with Gasteiger partial charge in [0.2, 0.25) is 5.78 Å². The van der Waals surface area contributed by atoms with Crippen LogP contribution in [0.3, 0.4) is 0 Å². The van der Waals surface area contributed by atoms with E-state index in [1.54, 1.807) is 18.2 Å². The molecule has 0 saturated heterocycles. The number of H-pyrrole nitrogens is 2. The molecule has 11 heteroatoms. The van der Waals surface area contributed by atoms with Crippen molar-refractivity contribution >= 4 is 34.0 Å². The van der Waals surface area contributed by atoms with E-state index in [4.69, 9.17) is 5.73 Å². The Bertz CT molecular complexity index is 1460. The highest BCUT2D eigenvalue weighted by atomic mass is 19.1. The number of aromatic amines is 2. The van der Waals surface area contributed by atoms with E-state index in [1.807, 2.05) is 6.07 Å². The minimum Gasteiger partial charge on any atom is -0.396 e. The summed E-state index contributed by atoms with van der Waals surface area (Å²) in [6, 6.07) is 9.26. The Hall–Kier alpha value is -4.67. The van der Waals surface area contributed by atoms with Crippen LogP contribution in [-0.4, -0.2) is 35.9 Å². The summed E-state index contributed by atoms with van der Waals surface area (Å²) >= 11 is 0. The summed E-state index contributed by atoms with van der Waals surface area (Å²) in [6.07, 6.45) is 4.03. The fraction of sp³-hybridized carbons (Fsp3) is 0. The van der Waals surface area contributed by atoms with Crippen LogP contribution in [0.5, 0.6) is 0 Å². The Labute approximate surface area is 178 Å². The molecule has 0 aliphatic rings. The number of nitrogen functional groups attached to an aromatic ring is 1. The first-order valence-corrected chi connectivity index (χ1v) is 9.36. The molecule has 0 amide bonds. The van der Waals surface area contributed by atoms with Gasteiger partial charge in [0, 0.05) is 17.4 Å². The lowest BCUT2D eigenvalue weighted by Crippen LogP contribution is -2.10. The van der Waals surface area contributed by atoms with Gasteiger partial charge in [0.05, 0.1) is 22.2 Å². The monoisotopic (exact) mass is 432 g/mol. The number of nitrogens with two attached hydrogens (primary N) is 1. The van der Waals surface area contributed by atoms with Crippen LogP contribution in [0.4, 0.5) is 26.0 Å². The maximum atomic E-state index is 14.5. The Kier molecular flexibility index (Phi) is 4.55. The summed E-state index contributed by atoms with van der Waals surface area (Å²) < 4.78 is 28.8. The predicted octanol–water partition coefficient (Wildman–Crippen LogP) is 3.58. The van der Waals surface area contributed by atoms with Crippen molar-refractivity contribution in [2.45, 2.75) is 0 Å². The van der Waals surface area contributed by atoms with Crippen LogP contribution in [0, 0.1) is 11.6 Å². The fourth-order valence-corrected chi connectivity index (χ4v) is 3.37. The quantitative estimate of drug-likeness (QED) is 0.246. The maximum absolute atomic E-state index is 14.5. The molecule has 3 aromatic heterocycles. The molecule has 0 unspecified atom stereocenters. The second kappa shape index (κ2) is 7.54. The number of benzene rings is 2. The Balaban J connectivity index is 1.59. The third-order valence-corrected chi connectivity index (χ3v) is 4.88. The van der Waals surface area contributed by atoms with Gasteiger partial charge in [-0.15, -0.1) is 0 Å². The molecule has 0 aliphatic carbocycles. The molecule has 3 heterocycles. The summed E-state index contributed by atoms with van der Waals surface area (Å²) in [5.74, 6) is -2.16. The molecule has 0 saturated carbocycles. The summed E-state index contributed by atoms with van der Waals surface area (Å²) in [4.78, 5) is 28.4. The van der Waals surface area contributed by atoms with E-state index >= 15 is 0 Å². The largest absolute Gasteiger partial charge is 0.396 e. The number of rotatable bonds is 5. The van der Waals surface area contributed by atoms with Crippen LogP contribution >= 0.6 is 0 Å². The number of carbonyl (C=O) groups excluding carboxylic acids is 1. The Morgan fingerprint density at radius 3 is 2.75 bits per heavy atom. The zero-order chi connectivity index (χ0) is 22.2. The standard InChI is InChI=1S/C21H14F2N8O/c22-13-4-5-14(24)17(23)16(13)18(32)12-7-25-20-15(12)21(27-8-26-20)30-11-3-1-2-10(6-11)19-28-9-29-31-19/h1-9H,24H2,(H,28,29,31)(H2,25,26,27,30). The number of fused-ring (bicyclic) bond motifs is 1. The van der Waals surface area contributed by atoms with E-state index in [2.05, 4.69) is 35.5 Å². The average Bonchev–Trinajstić information content (AvgIpc) is 3.47. The maximum Gasteiger partial charge on any atom is 0.201 e. The number of nitrogens with zero attached hydrogens (tertiary/aromatic N) is 4. The minimum atomic E-state index is -1.12. The van der Waals surface area contributed by atoms with Crippen LogP contribution in [0.15, 0.2) is 55.2 Å². The summed E-state index contributed by atoms with van der Waals surface area (Å²) in [5.41, 5.74) is 6.19. The molecule has 0 atom stereocenters. The van der Waals surface area contributed by atoms with Gasteiger partial charge >= 0.3 is 0 Å². The zero-order valence-corrected chi connectivity index (χ0v) is 16.2. The number of hydrogen-bond acceptors (Lipinski definition) is 7. The van der Waals surface area contributed by atoms with Crippen molar-refractivity contribution in [3.8, 4) is 11.4 Å². The highest BCUT2D eigenvalue weighted by molar-refractivity contribution is 6.18. The van der Waals surface area contributed by atoms with Gasteiger partial charge in [-0.05, 0) is 24.3 Å². The van der Waals surface area contributed by atoms with Gasteiger partial charge in [0.25, 0.3) is 0 Å². The molecule has 0 bridgehead atoms. The topological polar surface area (TPSA) is 138 Å². The SMILES string of the molecule is Nc1ccc(F)c(C(=O)c2c[nH]c3ncnc(Nc4cccc(-c5ncn[nH]5)c4)c23)c1F. The first-order chi connectivity index (χ1) is 15.5. The van der Waals surface area contributed by atoms with E-state index in [9.17, 15) is 13.6 Å². The van der Waals surface area contributed by atoms with E-state index in [0.717, 1.165) is 17.7 Å². The van der Waals surface area contributed by atoms with Crippen LogP contribution < -0.4 is 11.1 Å². The highest BCUT2D eigenvalue weighted by Gasteiger charge is 2.25. The number of carbonyl (C=O) groups is 1. The zero-order valence-electron chi connectivity index (χ0n) is 16.2. The minimum absolute atomic E-state index is 0.00195. The molecular weight excluding hydrogens is 418 g/mol. The second-order valence-corrected chi connectivity index (χ2v) is 6.84. The van der Waals surface area contributed by atoms with Gasteiger partial charge in [0.15, 0.2) is 11.6 Å². The number of nitrogens with one attached hydrogen (secondary N) is 3. The summed E-state index contributed by atoms with van der Waals surface area (Å²) in [5, 5.41) is 10.0. The molecule has 0 spiro atoms. The van der Waals surface area contributed by atoms with Gasteiger partial charge in [0.1, 0.15) is 29.9 Å². The number of anilines is 3. The van der Waals surface area contributed by atoms with Gasteiger partial charge in [-0.1, -0.05) is 12.1 Å². The van der Waals surface area contributed by atoms with E-state index < -0.39 is 23.0 Å². The van der Waals surface area contributed by atoms with Crippen molar-refractivity contribution < 1.29 is 13.6 Å². The average molecular weight is 432 g/mol. The Morgan fingerprint density at radius 1 is 1.06 bits per heavy atom. The van der Waals surface area contributed by atoms with E-state index in [1.165, 1.54) is 18.9 Å². The molecular formula is C21H14F2N8O. The molecule has 9 nitrogen and oxygen atoms in total. The van der Waals surface area contributed by atoms with Crippen molar-refractivity contribution in [2.24, 2.45) is 0 Å². The molecule has 0 aliphatic heterocycles.